The summed E-state index contributed by atoms with van der Waals surface area (Å²) in [5.41, 5.74) is 5.58. The van der Waals surface area contributed by atoms with E-state index in [4.69, 9.17) is 18.9 Å². The molecule has 0 saturated heterocycles. The van der Waals surface area contributed by atoms with E-state index in [0.29, 0.717) is 53.5 Å². The minimum Gasteiger partial charge on any atom is -0.493 e. The van der Waals surface area contributed by atoms with Crippen LogP contribution in [0.1, 0.15) is 74.0 Å². The molecule has 0 aromatic heterocycles. The van der Waals surface area contributed by atoms with Crippen molar-refractivity contribution in [3.05, 3.63) is 112 Å². The maximum Gasteiger partial charge on any atom is 0.337 e. The maximum absolute atomic E-state index is 14.1. The first-order valence-electron chi connectivity index (χ1n) is 15.4. The third kappa shape index (κ3) is 6.09. The van der Waals surface area contributed by atoms with E-state index in [1.54, 1.807) is 14.2 Å². The van der Waals surface area contributed by atoms with E-state index in [1.807, 2.05) is 79.7 Å². The second-order valence-electron chi connectivity index (χ2n) is 11.8. The quantitative estimate of drug-likeness (QED) is 0.264. The maximum atomic E-state index is 14.1. The number of methoxy groups -OCH3 is 2. The van der Waals surface area contributed by atoms with Crippen LogP contribution in [0.4, 0.5) is 0 Å². The molecular formula is C37H39NO6. The highest BCUT2D eigenvalue weighted by Crippen LogP contribution is 2.47. The Morgan fingerprint density at radius 3 is 2.39 bits per heavy atom. The molecule has 2 aliphatic carbocycles. The minimum absolute atomic E-state index is 0.0119. The summed E-state index contributed by atoms with van der Waals surface area (Å²) in [5.74, 6) is 1.01. The number of carbonyl (C=O) groups excluding carboxylic acids is 2. The molecule has 7 nitrogen and oxygen atoms in total. The lowest BCUT2D eigenvalue weighted by atomic mass is 9.71. The molecule has 1 N–H and O–H groups in total. The summed E-state index contributed by atoms with van der Waals surface area (Å²) in [7, 11) is 3.22. The predicted molar refractivity (Wildman–Crippen MR) is 168 cm³/mol. The van der Waals surface area contributed by atoms with Crippen molar-refractivity contribution < 1.29 is 28.5 Å². The Labute approximate surface area is 258 Å². The summed E-state index contributed by atoms with van der Waals surface area (Å²) in [6.45, 7) is 2.32. The van der Waals surface area contributed by atoms with Gasteiger partial charge >= 0.3 is 5.97 Å². The third-order valence-electron chi connectivity index (χ3n) is 8.94. The fourth-order valence-corrected chi connectivity index (χ4v) is 6.73. The molecule has 7 heteroatoms. The van der Waals surface area contributed by atoms with Gasteiger partial charge in [-0.15, -0.1) is 0 Å². The van der Waals surface area contributed by atoms with Gasteiger partial charge in [0.05, 0.1) is 19.8 Å². The van der Waals surface area contributed by atoms with Crippen LogP contribution in [-0.4, -0.2) is 32.1 Å². The summed E-state index contributed by atoms with van der Waals surface area (Å²) >= 11 is 0. The van der Waals surface area contributed by atoms with Gasteiger partial charge in [-0.1, -0.05) is 48.5 Å². The molecule has 2 unspecified atom stereocenters. The van der Waals surface area contributed by atoms with Crippen LogP contribution < -0.4 is 19.5 Å². The molecule has 3 aliphatic rings. The van der Waals surface area contributed by atoms with Crippen molar-refractivity contribution in [2.24, 2.45) is 0 Å². The number of carbonyl (C=O) groups is 2. The highest BCUT2D eigenvalue weighted by molar-refractivity contribution is 6.04. The van der Waals surface area contributed by atoms with Crippen molar-refractivity contribution in [2.75, 3.05) is 14.2 Å². The second-order valence-corrected chi connectivity index (χ2v) is 11.8. The first-order chi connectivity index (χ1) is 21.4. The average molecular weight is 594 g/mol. The van der Waals surface area contributed by atoms with E-state index in [9.17, 15) is 9.59 Å². The molecule has 2 atom stereocenters. The summed E-state index contributed by atoms with van der Waals surface area (Å²) in [5, 5.41) is 3.47. The van der Waals surface area contributed by atoms with Crippen LogP contribution in [0.2, 0.25) is 0 Å². The number of benzene rings is 3. The lowest BCUT2D eigenvalue weighted by molar-refractivity contribution is -0.144. The number of hydrogen-bond acceptors (Lipinski definition) is 7. The highest BCUT2D eigenvalue weighted by Gasteiger charge is 2.42. The van der Waals surface area contributed by atoms with Crippen LogP contribution in [-0.2, 0) is 20.9 Å². The number of hydrogen-bond donors (Lipinski definition) is 1. The van der Waals surface area contributed by atoms with Crippen LogP contribution in [0.5, 0.6) is 17.2 Å². The zero-order valence-corrected chi connectivity index (χ0v) is 25.6. The van der Waals surface area contributed by atoms with Gasteiger partial charge in [0.2, 0.25) is 0 Å². The number of esters is 1. The molecule has 6 rings (SSSR count). The fraction of sp³-hybridized carbons (Fsp3) is 0.351. The molecule has 1 aliphatic heterocycles. The van der Waals surface area contributed by atoms with Gasteiger partial charge in [0, 0.05) is 29.3 Å². The van der Waals surface area contributed by atoms with Crippen LogP contribution in [0.3, 0.4) is 0 Å². The number of rotatable bonds is 9. The van der Waals surface area contributed by atoms with Crippen molar-refractivity contribution in [2.45, 2.75) is 70.0 Å². The van der Waals surface area contributed by atoms with Gasteiger partial charge in [0.1, 0.15) is 18.5 Å². The third-order valence-corrected chi connectivity index (χ3v) is 8.94. The minimum atomic E-state index is -0.556. The average Bonchev–Trinajstić information content (AvgIpc) is 3.56. The van der Waals surface area contributed by atoms with Gasteiger partial charge in [0.25, 0.3) is 0 Å². The standard InChI is InChI=1S/C37H39NO6/c1-23-34(37(40)44-28-13-7-8-14-28)35(26-12-9-15-29(18-26)43-22-24-10-5-4-6-11-24)36-30(38-23)19-27(20-31(36)39)25-16-17-32(41-2)33(21-25)42-3/h4-6,9-12,15-18,21,27-28,35,38H,7-8,13-14,19-20,22H2,1-3H3. The van der Waals surface area contributed by atoms with Gasteiger partial charge in [-0.25, -0.2) is 4.79 Å². The molecule has 1 heterocycles. The van der Waals surface area contributed by atoms with Crippen molar-refractivity contribution in [3.63, 3.8) is 0 Å². The number of allylic oxidation sites excluding steroid dienone is 3. The molecule has 1 fully saturated rings. The van der Waals surface area contributed by atoms with E-state index in [0.717, 1.165) is 48.1 Å². The van der Waals surface area contributed by atoms with Crippen molar-refractivity contribution >= 4 is 11.8 Å². The van der Waals surface area contributed by atoms with E-state index in [1.165, 1.54) is 0 Å². The first-order valence-corrected chi connectivity index (χ1v) is 15.4. The largest absolute Gasteiger partial charge is 0.493 e. The SMILES string of the molecule is COc1ccc(C2CC(=O)C3=C(C2)NC(C)=C(C(=O)OC2CCCC2)C3c2cccc(OCc3ccccc3)c2)cc1OC. The normalized spacial score (nSPS) is 20.2. The molecule has 0 spiro atoms. The molecule has 0 bridgehead atoms. The molecule has 1 saturated carbocycles. The molecular weight excluding hydrogens is 554 g/mol. The first kappa shape index (κ1) is 29.5. The zero-order chi connectivity index (χ0) is 30.6. The topological polar surface area (TPSA) is 83.1 Å². The fourth-order valence-electron chi connectivity index (χ4n) is 6.73. The molecule has 3 aromatic rings. The monoisotopic (exact) mass is 593 g/mol. The number of ether oxygens (including phenoxy) is 4. The van der Waals surface area contributed by atoms with Crippen LogP contribution in [0, 0.1) is 0 Å². The number of ketones is 1. The highest BCUT2D eigenvalue weighted by atomic mass is 16.5. The molecule has 228 valence electrons. The lowest BCUT2D eigenvalue weighted by Crippen LogP contribution is -2.36. The van der Waals surface area contributed by atoms with Gasteiger partial charge in [0.15, 0.2) is 17.3 Å². The Kier molecular flexibility index (Phi) is 8.73. The van der Waals surface area contributed by atoms with Crippen LogP contribution in [0.25, 0.3) is 0 Å². The Bertz CT molecular complexity index is 1600. The van der Waals surface area contributed by atoms with E-state index in [-0.39, 0.29) is 23.8 Å². The van der Waals surface area contributed by atoms with Crippen molar-refractivity contribution in [1.29, 1.82) is 0 Å². The lowest BCUT2D eigenvalue weighted by Gasteiger charge is -2.37. The summed E-state index contributed by atoms with van der Waals surface area (Å²) < 4.78 is 23.2. The van der Waals surface area contributed by atoms with Crippen LogP contribution in [0.15, 0.2) is 95.3 Å². The molecule has 0 radical (unpaired) electrons. The summed E-state index contributed by atoms with van der Waals surface area (Å²) in [6, 6.07) is 23.6. The van der Waals surface area contributed by atoms with Gasteiger partial charge in [-0.05, 0) is 85.9 Å². The van der Waals surface area contributed by atoms with Gasteiger partial charge < -0.3 is 24.3 Å². The van der Waals surface area contributed by atoms with Gasteiger partial charge in [-0.2, -0.15) is 0 Å². The smallest absolute Gasteiger partial charge is 0.337 e. The second kappa shape index (κ2) is 13.0. The van der Waals surface area contributed by atoms with E-state index in [2.05, 4.69) is 5.32 Å². The number of Topliss-reactive ketones (excluding diaryl/α,β-unsaturated/α-hetero) is 1. The number of dihydropyridines is 1. The van der Waals surface area contributed by atoms with E-state index >= 15 is 0 Å². The molecule has 3 aromatic carbocycles. The van der Waals surface area contributed by atoms with Gasteiger partial charge in [-0.3, -0.25) is 4.79 Å². The Balaban J connectivity index is 1.35. The van der Waals surface area contributed by atoms with Crippen molar-refractivity contribution in [1.82, 2.24) is 5.32 Å². The summed E-state index contributed by atoms with van der Waals surface area (Å²) in [4.78, 5) is 28.0. The zero-order valence-electron chi connectivity index (χ0n) is 25.6. The molecule has 44 heavy (non-hydrogen) atoms. The van der Waals surface area contributed by atoms with Crippen molar-refractivity contribution in [3.8, 4) is 17.2 Å². The Hall–Kier alpha value is -4.52. The Morgan fingerprint density at radius 1 is 0.864 bits per heavy atom. The van der Waals surface area contributed by atoms with Crippen LogP contribution >= 0.6 is 0 Å². The molecule has 0 amide bonds. The summed E-state index contributed by atoms with van der Waals surface area (Å²) in [6.07, 6.45) is 4.72. The Morgan fingerprint density at radius 2 is 1.64 bits per heavy atom. The predicted octanol–water partition coefficient (Wildman–Crippen LogP) is 7.13. The van der Waals surface area contributed by atoms with E-state index < -0.39 is 5.92 Å². The number of nitrogens with one attached hydrogen (secondary N) is 1.